The van der Waals surface area contributed by atoms with Gasteiger partial charge >= 0.3 is 0 Å². The van der Waals surface area contributed by atoms with E-state index in [-0.39, 0.29) is 4.75 Å². The maximum atomic E-state index is 5.96. The van der Waals surface area contributed by atoms with Gasteiger partial charge in [-0.1, -0.05) is 18.2 Å². The van der Waals surface area contributed by atoms with E-state index in [9.17, 15) is 0 Å². The summed E-state index contributed by atoms with van der Waals surface area (Å²) in [5, 5.41) is 6.76. The predicted octanol–water partition coefficient (Wildman–Crippen LogP) is 3.28. The average molecular weight is 336 g/mol. The quantitative estimate of drug-likeness (QED) is 0.565. The van der Waals surface area contributed by atoms with Crippen LogP contribution in [0.3, 0.4) is 0 Å². The highest BCUT2D eigenvalue weighted by atomic mass is 32.2. The minimum atomic E-state index is 0.183. The third-order valence-electron chi connectivity index (χ3n) is 4.05. The van der Waals surface area contributed by atoms with Crippen molar-refractivity contribution >= 4 is 17.7 Å². The van der Waals surface area contributed by atoms with E-state index >= 15 is 0 Å². The zero-order chi connectivity index (χ0) is 16.7. The minimum Gasteiger partial charge on any atom is -0.493 e. The van der Waals surface area contributed by atoms with Crippen molar-refractivity contribution in [2.45, 2.75) is 38.0 Å². The van der Waals surface area contributed by atoms with Gasteiger partial charge in [0.15, 0.2) is 5.96 Å². The highest BCUT2D eigenvalue weighted by molar-refractivity contribution is 7.99. The Balaban J connectivity index is 1.85. The highest BCUT2D eigenvalue weighted by Gasteiger charge is 2.22. The summed E-state index contributed by atoms with van der Waals surface area (Å²) in [6.45, 7) is 6.86. The fourth-order valence-corrected chi connectivity index (χ4v) is 2.27. The molecule has 1 aliphatic rings. The van der Waals surface area contributed by atoms with Crippen LogP contribution in [-0.4, -0.2) is 37.2 Å². The number of aliphatic imine (C=N–C) groups is 1. The van der Waals surface area contributed by atoms with E-state index < -0.39 is 0 Å². The molecule has 0 saturated heterocycles. The Morgan fingerprint density at radius 2 is 2.04 bits per heavy atom. The van der Waals surface area contributed by atoms with Crippen molar-refractivity contribution in [1.29, 1.82) is 0 Å². The molecule has 1 aromatic carbocycles. The molecule has 1 saturated carbocycles. The maximum Gasteiger partial charge on any atom is 0.191 e. The molecule has 0 bridgehead atoms. The molecule has 0 atom stereocenters. The average Bonchev–Trinajstić information content (AvgIpc) is 3.38. The summed E-state index contributed by atoms with van der Waals surface area (Å²) in [6, 6.07) is 8.23. The van der Waals surface area contributed by atoms with Gasteiger partial charge in [0.25, 0.3) is 0 Å². The molecule has 0 amide bonds. The molecule has 5 heteroatoms. The number of nitrogens with one attached hydrogen (secondary N) is 2. The van der Waals surface area contributed by atoms with E-state index in [0.717, 1.165) is 30.8 Å². The number of guanidine groups is 1. The highest BCUT2D eigenvalue weighted by Crippen LogP contribution is 2.30. The standard InChI is InChI=1S/C18H29N3OS/c1-18(2,23-4)13-21-17(19-3)20-11-15-7-5-6-8-16(15)22-12-14-9-10-14/h5-8,14H,9-13H2,1-4H3,(H2,19,20,21). The number of nitrogens with zero attached hydrogens (tertiary/aromatic N) is 1. The van der Waals surface area contributed by atoms with Crippen molar-refractivity contribution in [1.82, 2.24) is 10.6 Å². The number of para-hydroxylation sites is 1. The summed E-state index contributed by atoms with van der Waals surface area (Å²) in [6.07, 6.45) is 4.75. The zero-order valence-corrected chi connectivity index (χ0v) is 15.5. The Bertz CT molecular complexity index is 527. The van der Waals surface area contributed by atoms with Crippen molar-refractivity contribution < 1.29 is 4.74 Å². The second-order valence-corrected chi connectivity index (χ2v) is 8.12. The number of thioether (sulfide) groups is 1. The van der Waals surface area contributed by atoms with Gasteiger partial charge in [-0.3, -0.25) is 4.99 Å². The van der Waals surface area contributed by atoms with Crippen LogP contribution < -0.4 is 15.4 Å². The molecule has 0 heterocycles. The zero-order valence-electron chi connectivity index (χ0n) is 14.7. The first-order valence-corrected chi connectivity index (χ1v) is 9.47. The third-order valence-corrected chi connectivity index (χ3v) is 5.30. The lowest BCUT2D eigenvalue weighted by molar-refractivity contribution is 0.296. The summed E-state index contributed by atoms with van der Waals surface area (Å²) in [5.74, 6) is 2.56. The molecule has 1 fully saturated rings. The minimum absolute atomic E-state index is 0.183. The maximum absolute atomic E-state index is 5.96. The van der Waals surface area contributed by atoms with Crippen LogP contribution in [0.2, 0.25) is 0 Å². The Morgan fingerprint density at radius 1 is 1.30 bits per heavy atom. The van der Waals surface area contributed by atoms with Crippen molar-refractivity contribution in [3.05, 3.63) is 29.8 Å². The van der Waals surface area contributed by atoms with Gasteiger partial charge < -0.3 is 15.4 Å². The number of rotatable bonds is 8. The Kier molecular flexibility index (Phi) is 6.63. The molecule has 0 aliphatic heterocycles. The van der Waals surface area contributed by atoms with E-state index in [0.29, 0.717) is 6.54 Å². The number of hydrogen-bond acceptors (Lipinski definition) is 3. The summed E-state index contributed by atoms with van der Waals surface area (Å²) >= 11 is 1.85. The number of benzene rings is 1. The molecule has 1 aromatic rings. The fourth-order valence-electron chi connectivity index (χ4n) is 2.05. The normalized spacial score (nSPS) is 15.4. The van der Waals surface area contributed by atoms with Crippen molar-refractivity contribution in [3.8, 4) is 5.75 Å². The first-order chi connectivity index (χ1) is 11.0. The Morgan fingerprint density at radius 3 is 2.70 bits per heavy atom. The molecule has 0 spiro atoms. The summed E-state index contributed by atoms with van der Waals surface area (Å²) in [4.78, 5) is 4.30. The fraction of sp³-hybridized carbons (Fsp3) is 0.611. The van der Waals surface area contributed by atoms with E-state index in [1.807, 2.05) is 30.0 Å². The first-order valence-electron chi connectivity index (χ1n) is 8.24. The van der Waals surface area contributed by atoms with E-state index in [1.165, 1.54) is 18.4 Å². The molecule has 1 aliphatic carbocycles. The van der Waals surface area contributed by atoms with E-state index in [4.69, 9.17) is 4.74 Å². The Hall–Kier alpha value is -1.36. The molecule has 0 aromatic heterocycles. The molecule has 2 N–H and O–H groups in total. The molecular weight excluding hydrogens is 306 g/mol. The van der Waals surface area contributed by atoms with Crippen LogP contribution in [0.4, 0.5) is 0 Å². The SMILES string of the molecule is CN=C(NCc1ccccc1OCC1CC1)NCC(C)(C)SC. The van der Waals surface area contributed by atoms with E-state index in [1.54, 1.807) is 7.05 Å². The first kappa shape index (κ1) is 18.0. The molecule has 0 unspecified atom stereocenters. The predicted molar refractivity (Wildman–Crippen MR) is 100 cm³/mol. The number of ether oxygens (including phenoxy) is 1. The van der Waals surface area contributed by atoms with Crippen LogP contribution in [0.5, 0.6) is 5.75 Å². The lowest BCUT2D eigenvalue weighted by atomic mass is 10.2. The molecule has 0 radical (unpaired) electrons. The van der Waals surface area contributed by atoms with Crippen molar-refractivity contribution in [2.75, 3.05) is 26.5 Å². The Labute approximate surface area is 144 Å². The molecule has 23 heavy (non-hydrogen) atoms. The van der Waals surface area contributed by atoms with Crippen LogP contribution in [0, 0.1) is 5.92 Å². The molecule has 128 valence electrons. The van der Waals surface area contributed by atoms with Crippen LogP contribution in [0.1, 0.15) is 32.3 Å². The van der Waals surface area contributed by atoms with Gasteiger partial charge in [0.05, 0.1) is 6.61 Å². The molecular formula is C18H29N3OS. The van der Waals surface area contributed by atoms with Crippen molar-refractivity contribution in [2.24, 2.45) is 10.9 Å². The largest absolute Gasteiger partial charge is 0.493 e. The van der Waals surface area contributed by atoms with Gasteiger partial charge in [0.2, 0.25) is 0 Å². The summed E-state index contributed by atoms with van der Waals surface area (Å²) in [5.41, 5.74) is 1.17. The van der Waals surface area contributed by atoms with Gasteiger partial charge in [-0.05, 0) is 44.9 Å². The van der Waals surface area contributed by atoms with Crippen LogP contribution in [0.25, 0.3) is 0 Å². The smallest absolute Gasteiger partial charge is 0.191 e. The lowest BCUT2D eigenvalue weighted by Crippen LogP contribution is -2.43. The molecule has 4 nitrogen and oxygen atoms in total. The van der Waals surface area contributed by atoms with Gasteiger partial charge in [0.1, 0.15) is 5.75 Å². The summed E-state index contributed by atoms with van der Waals surface area (Å²) in [7, 11) is 1.80. The molecule has 2 rings (SSSR count). The van der Waals surface area contributed by atoms with Gasteiger partial charge in [-0.25, -0.2) is 0 Å². The number of hydrogen-bond donors (Lipinski definition) is 2. The third kappa shape index (κ3) is 6.34. The van der Waals surface area contributed by atoms with Crippen LogP contribution in [0.15, 0.2) is 29.3 Å². The second-order valence-electron chi connectivity index (χ2n) is 6.61. The van der Waals surface area contributed by atoms with Crippen LogP contribution >= 0.6 is 11.8 Å². The topological polar surface area (TPSA) is 45.7 Å². The van der Waals surface area contributed by atoms with Gasteiger partial charge in [0, 0.05) is 30.4 Å². The van der Waals surface area contributed by atoms with E-state index in [2.05, 4.69) is 41.8 Å². The van der Waals surface area contributed by atoms with Gasteiger partial charge in [-0.15, -0.1) is 0 Å². The lowest BCUT2D eigenvalue weighted by Gasteiger charge is -2.24. The van der Waals surface area contributed by atoms with Crippen molar-refractivity contribution in [3.63, 3.8) is 0 Å². The van der Waals surface area contributed by atoms with Crippen LogP contribution in [-0.2, 0) is 6.54 Å². The summed E-state index contributed by atoms with van der Waals surface area (Å²) < 4.78 is 6.14. The monoisotopic (exact) mass is 335 g/mol. The van der Waals surface area contributed by atoms with Gasteiger partial charge in [-0.2, -0.15) is 11.8 Å². The second kappa shape index (κ2) is 8.48.